The van der Waals surface area contributed by atoms with E-state index in [4.69, 9.17) is 13.9 Å². The van der Waals surface area contributed by atoms with Gasteiger partial charge in [0.2, 0.25) is 0 Å². The Kier molecular flexibility index (Phi) is 7.68. The third-order valence-corrected chi connectivity index (χ3v) is 5.41. The number of carbonyl (C=O) groups is 2. The smallest absolute Gasteiger partial charge is 0.344 e. The average molecular weight is 603 g/mol. The quantitative estimate of drug-likeness (QED) is 0.221. The molecule has 3 aromatic rings. The van der Waals surface area contributed by atoms with E-state index in [2.05, 4.69) is 58.3 Å². The molecule has 0 aliphatic carbocycles. The largest absolute Gasteiger partial charge is 0.480 e. The van der Waals surface area contributed by atoms with Gasteiger partial charge in [0.25, 0.3) is 0 Å². The lowest BCUT2D eigenvalue weighted by atomic mass is 10.2. The number of hydrazone groups is 1. The van der Waals surface area contributed by atoms with Gasteiger partial charge in [-0.1, -0.05) is 15.9 Å². The standard InChI is InChI=1S/C20H15Br3N2O5/c1-2-28-18(26)10-29-19-14(22)5-11(6-15(19)23)9-24-25-20(27)17-8-12-7-13(21)3-4-16(12)30-17/h3-9H,2,10H2,1H3,(H,25,27)/b24-9+. The van der Waals surface area contributed by atoms with E-state index < -0.39 is 11.9 Å². The van der Waals surface area contributed by atoms with Crippen LogP contribution in [0.4, 0.5) is 0 Å². The minimum Gasteiger partial charge on any atom is -0.480 e. The van der Waals surface area contributed by atoms with Gasteiger partial charge in [-0.15, -0.1) is 0 Å². The van der Waals surface area contributed by atoms with Crippen molar-refractivity contribution < 1.29 is 23.5 Å². The highest BCUT2D eigenvalue weighted by atomic mass is 79.9. The van der Waals surface area contributed by atoms with Gasteiger partial charge in [0.05, 0.1) is 21.8 Å². The van der Waals surface area contributed by atoms with Crippen molar-refractivity contribution in [3.63, 3.8) is 0 Å². The Hall–Kier alpha value is -2.17. The topological polar surface area (TPSA) is 90.1 Å². The van der Waals surface area contributed by atoms with E-state index >= 15 is 0 Å². The zero-order valence-corrected chi connectivity index (χ0v) is 20.3. The molecule has 1 N–H and O–H groups in total. The van der Waals surface area contributed by atoms with Gasteiger partial charge in [0.15, 0.2) is 12.4 Å². The predicted molar refractivity (Wildman–Crippen MR) is 123 cm³/mol. The number of hydrogen-bond donors (Lipinski definition) is 1. The Balaban J connectivity index is 1.65. The second-order valence-corrected chi connectivity index (χ2v) is 8.52. The van der Waals surface area contributed by atoms with Crippen LogP contribution < -0.4 is 10.2 Å². The number of esters is 1. The number of hydrogen-bond acceptors (Lipinski definition) is 6. The van der Waals surface area contributed by atoms with Crippen molar-refractivity contribution in [3.8, 4) is 5.75 Å². The maximum atomic E-state index is 12.3. The van der Waals surface area contributed by atoms with E-state index in [0.29, 0.717) is 25.8 Å². The van der Waals surface area contributed by atoms with Crippen LogP contribution in [0, 0.1) is 0 Å². The van der Waals surface area contributed by atoms with E-state index in [1.807, 2.05) is 12.1 Å². The molecule has 0 atom stereocenters. The van der Waals surface area contributed by atoms with Crippen molar-refractivity contribution in [3.05, 3.63) is 61.1 Å². The highest BCUT2D eigenvalue weighted by molar-refractivity contribution is 9.11. The lowest BCUT2D eigenvalue weighted by Gasteiger charge is -2.10. The van der Waals surface area contributed by atoms with Crippen molar-refractivity contribution >= 4 is 76.9 Å². The molecule has 0 unspecified atom stereocenters. The molecule has 0 saturated carbocycles. The van der Waals surface area contributed by atoms with E-state index in [1.54, 1.807) is 31.2 Å². The van der Waals surface area contributed by atoms with E-state index in [0.717, 1.165) is 9.86 Å². The third kappa shape index (κ3) is 5.71. The maximum Gasteiger partial charge on any atom is 0.344 e. The normalized spacial score (nSPS) is 11.1. The first-order valence-electron chi connectivity index (χ1n) is 8.67. The number of amides is 1. The molecule has 1 amide bonds. The first-order chi connectivity index (χ1) is 14.4. The minimum atomic E-state index is -0.467. The van der Waals surface area contributed by atoms with Gasteiger partial charge < -0.3 is 13.9 Å². The van der Waals surface area contributed by atoms with Gasteiger partial charge in [-0.3, -0.25) is 4.79 Å². The fourth-order valence-electron chi connectivity index (χ4n) is 2.47. The van der Waals surface area contributed by atoms with Gasteiger partial charge in [0.1, 0.15) is 11.3 Å². The number of nitrogens with zero attached hydrogens (tertiary/aromatic N) is 1. The molecule has 0 spiro atoms. The second kappa shape index (κ2) is 10.2. The number of nitrogens with one attached hydrogen (secondary N) is 1. The fourth-order valence-corrected chi connectivity index (χ4v) is 4.30. The molecule has 0 aliphatic heterocycles. The van der Waals surface area contributed by atoms with Crippen LogP contribution in [0.5, 0.6) is 5.75 Å². The molecular formula is C20H15Br3N2O5. The first-order valence-corrected chi connectivity index (χ1v) is 11.0. The van der Waals surface area contributed by atoms with Crippen molar-refractivity contribution in [2.45, 2.75) is 6.92 Å². The molecule has 156 valence electrons. The minimum absolute atomic E-state index is 0.158. The third-order valence-electron chi connectivity index (χ3n) is 3.74. The van der Waals surface area contributed by atoms with E-state index in [9.17, 15) is 9.59 Å². The Labute approximate surface area is 197 Å². The molecular weight excluding hydrogens is 588 g/mol. The van der Waals surface area contributed by atoms with Crippen molar-refractivity contribution in [2.75, 3.05) is 13.2 Å². The summed E-state index contributed by atoms with van der Waals surface area (Å²) in [7, 11) is 0. The zero-order valence-electron chi connectivity index (χ0n) is 15.6. The molecule has 0 fully saturated rings. The van der Waals surface area contributed by atoms with E-state index in [1.165, 1.54) is 6.21 Å². The zero-order chi connectivity index (χ0) is 21.7. The van der Waals surface area contributed by atoms with Crippen LogP contribution in [0.2, 0.25) is 0 Å². The van der Waals surface area contributed by atoms with Crippen LogP contribution in [-0.2, 0) is 9.53 Å². The number of ether oxygens (including phenoxy) is 2. The van der Waals surface area contributed by atoms with Crippen molar-refractivity contribution in [1.29, 1.82) is 0 Å². The summed E-state index contributed by atoms with van der Waals surface area (Å²) in [6.07, 6.45) is 1.47. The SMILES string of the molecule is CCOC(=O)COc1c(Br)cc(/C=N/NC(=O)c2cc3cc(Br)ccc3o2)cc1Br. The summed E-state index contributed by atoms with van der Waals surface area (Å²) in [5.41, 5.74) is 3.73. The van der Waals surface area contributed by atoms with Gasteiger partial charge in [-0.25, -0.2) is 10.2 Å². The van der Waals surface area contributed by atoms with Crippen LogP contribution in [-0.4, -0.2) is 31.3 Å². The van der Waals surface area contributed by atoms with Crippen LogP contribution in [0.15, 0.2) is 59.3 Å². The Bertz CT molecular complexity index is 1100. The average Bonchev–Trinajstić information content (AvgIpc) is 3.11. The van der Waals surface area contributed by atoms with E-state index in [-0.39, 0.29) is 19.0 Å². The van der Waals surface area contributed by atoms with Gasteiger partial charge in [-0.05, 0) is 80.7 Å². The number of fused-ring (bicyclic) bond motifs is 1. The van der Waals surface area contributed by atoms with Crippen LogP contribution in [0.25, 0.3) is 11.0 Å². The van der Waals surface area contributed by atoms with Gasteiger partial charge >= 0.3 is 11.9 Å². The molecule has 0 radical (unpaired) electrons. The number of carbonyl (C=O) groups excluding carboxylic acids is 2. The molecule has 2 aromatic carbocycles. The molecule has 0 saturated heterocycles. The van der Waals surface area contributed by atoms with Gasteiger partial charge in [0, 0.05) is 9.86 Å². The summed E-state index contributed by atoms with van der Waals surface area (Å²) in [4.78, 5) is 23.7. The highest BCUT2D eigenvalue weighted by Crippen LogP contribution is 2.34. The fraction of sp³-hybridized carbons (Fsp3) is 0.150. The van der Waals surface area contributed by atoms with Crippen molar-refractivity contribution in [1.82, 2.24) is 5.43 Å². The van der Waals surface area contributed by atoms with Crippen molar-refractivity contribution in [2.24, 2.45) is 5.10 Å². The molecule has 30 heavy (non-hydrogen) atoms. The molecule has 1 heterocycles. The van der Waals surface area contributed by atoms with Crippen LogP contribution in [0.1, 0.15) is 23.0 Å². The molecule has 7 nitrogen and oxygen atoms in total. The highest BCUT2D eigenvalue weighted by Gasteiger charge is 2.13. The molecule has 3 rings (SSSR count). The summed E-state index contributed by atoms with van der Waals surface area (Å²) < 4.78 is 18.0. The first kappa shape index (κ1) is 22.5. The number of rotatable bonds is 7. The summed E-state index contributed by atoms with van der Waals surface area (Å²) >= 11 is 10.2. The number of furan rings is 1. The molecule has 1 aromatic heterocycles. The summed E-state index contributed by atoms with van der Waals surface area (Å²) in [6, 6.07) is 10.6. The summed E-state index contributed by atoms with van der Waals surface area (Å²) in [5.74, 6) is -0.309. The molecule has 0 aliphatic rings. The number of benzene rings is 2. The Morgan fingerprint density at radius 2 is 1.87 bits per heavy atom. The number of halogens is 3. The lowest BCUT2D eigenvalue weighted by Crippen LogP contribution is -2.16. The monoisotopic (exact) mass is 600 g/mol. The Morgan fingerprint density at radius 3 is 2.57 bits per heavy atom. The molecule has 0 bridgehead atoms. The maximum absolute atomic E-state index is 12.3. The Morgan fingerprint density at radius 1 is 1.13 bits per heavy atom. The predicted octanol–water partition coefficient (Wildman–Crippen LogP) is 5.43. The van der Waals surface area contributed by atoms with Crippen LogP contribution >= 0.6 is 47.8 Å². The van der Waals surface area contributed by atoms with Gasteiger partial charge in [-0.2, -0.15) is 5.10 Å². The second-order valence-electron chi connectivity index (χ2n) is 5.90. The summed E-state index contributed by atoms with van der Waals surface area (Å²) in [5, 5.41) is 4.78. The molecule has 10 heteroatoms. The van der Waals surface area contributed by atoms with Crippen LogP contribution in [0.3, 0.4) is 0 Å². The summed E-state index contributed by atoms with van der Waals surface area (Å²) in [6.45, 7) is 1.81. The lowest BCUT2D eigenvalue weighted by molar-refractivity contribution is -0.145.